The van der Waals surface area contributed by atoms with E-state index in [2.05, 4.69) is 127 Å². The number of halogens is 1. The van der Waals surface area contributed by atoms with Gasteiger partial charge < -0.3 is 19.3 Å². The zero-order chi connectivity index (χ0) is 41.5. The van der Waals surface area contributed by atoms with Gasteiger partial charge in [-0.1, -0.05) is 103 Å². The van der Waals surface area contributed by atoms with E-state index in [1.165, 1.54) is 5.56 Å². The first-order chi connectivity index (χ1) is 28.5. The molecule has 6 nitrogen and oxygen atoms in total. The Morgan fingerprint density at radius 2 is 1.05 bits per heavy atom. The lowest BCUT2D eigenvalue weighted by Gasteiger charge is -2.29. The molecule has 7 heteroatoms. The molecule has 6 aromatic rings. The summed E-state index contributed by atoms with van der Waals surface area (Å²) in [5.74, 6) is -0.402. The van der Waals surface area contributed by atoms with E-state index in [1.54, 1.807) is 26.0 Å². The van der Waals surface area contributed by atoms with E-state index in [-0.39, 0.29) is 0 Å². The number of carbonyl (C=O) groups excluding carboxylic acids is 2. The van der Waals surface area contributed by atoms with Crippen molar-refractivity contribution in [2.45, 2.75) is 26.9 Å². The quantitative estimate of drug-likeness (QED) is 0.0698. The lowest BCUT2D eigenvalue weighted by molar-refractivity contribution is -0.140. The normalized spacial score (nSPS) is 13.2. The minimum absolute atomic E-state index is 0.348. The molecule has 6 aromatic carbocycles. The molecule has 1 unspecified atom stereocenters. The van der Waals surface area contributed by atoms with Gasteiger partial charge >= 0.3 is 11.9 Å². The molecule has 0 aromatic heterocycles. The van der Waals surface area contributed by atoms with Crippen LogP contribution in [0.15, 0.2) is 200 Å². The number of ether oxygens (including phenoxy) is 2. The van der Waals surface area contributed by atoms with Gasteiger partial charge in [-0.2, -0.15) is 0 Å². The van der Waals surface area contributed by atoms with Crippen LogP contribution in [0.4, 0.5) is 34.1 Å². The van der Waals surface area contributed by atoms with E-state index in [4.69, 9.17) is 21.1 Å². The Balaban J connectivity index is 1.21. The fourth-order valence-electron chi connectivity index (χ4n) is 6.55. The Kier molecular flexibility index (Phi) is 12.2. The third-order valence-corrected chi connectivity index (χ3v) is 9.94. The minimum atomic E-state index is -0.476. The minimum Gasteiger partial charge on any atom is -0.450 e. The maximum absolute atomic E-state index is 12.1. The second kappa shape index (κ2) is 18.0. The molecule has 0 N–H and O–H groups in total. The average Bonchev–Trinajstić information content (AvgIpc) is 3.49. The molecule has 0 heterocycles. The number of nitrogens with zero attached hydrogens (tertiary/aromatic N) is 2. The molecule has 1 atom stereocenters. The highest BCUT2D eigenvalue weighted by molar-refractivity contribution is 6.30. The molecule has 0 fully saturated rings. The van der Waals surface area contributed by atoms with Crippen LogP contribution >= 0.6 is 11.6 Å². The Bertz CT molecular complexity index is 2590. The monoisotopic (exact) mass is 794 g/mol. The Morgan fingerprint density at radius 3 is 1.58 bits per heavy atom. The molecular formula is C52H43ClN2O4. The zero-order valence-electron chi connectivity index (χ0n) is 33.1. The number of carbonyl (C=O) groups is 2. The van der Waals surface area contributed by atoms with Crippen molar-refractivity contribution in [3.8, 4) is 16.9 Å². The first kappa shape index (κ1) is 40.1. The summed E-state index contributed by atoms with van der Waals surface area (Å²) in [6.45, 7) is 12.7. The average molecular weight is 795 g/mol. The Morgan fingerprint density at radius 1 is 0.576 bits per heavy atom. The van der Waals surface area contributed by atoms with Gasteiger partial charge in [0.2, 0.25) is 0 Å². The number of aryl methyl sites for hydroxylation is 1. The first-order valence-electron chi connectivity index (χ1n) is 19.2. The van der Waals surface area contributed by atoms with Crippen LogP contribution in [0.5, 0.6) is 5.75 Å². The SMILES string of the molecule is C=C(C)C(=O)Oc1ccc(-c2ccc(N(c3ccc(C)cc3)c3cccc(N(c4ccc(Cl)cc4)c4ccc(C5=CC=CC(OC(=O)C(=C)C)C=C5)cc4)c3)cc2)cc1. The van der Waals surface area contributed by atoms with Crippen molar-refractivity contribution in [1.82, 2.24) is 0 Å². The smallest absolute Gasteiger partial charge is 0.338 e. The molecule has 292 valence electrons. The predicted molar refractivity (Wildman–Crippen MR) is 242 cm³/mol. The van der Waals surface area contributed by atoms with Crippen molar-refractivity contribution in [2.75, 3.05) is 9.80 Å². The summed E-state index contributed by atoms with van der Waals surface area (Å²) >= 11 is 6.38. The lowest BCUT2D eigenvalue weighted by atomic mass is 10.0. The molecule has 7 rings (SSSR count). The summed E-state index contributed by atoms with van der Waals surface area (Å²) in [4.78, 5) is 28.6. The van der Waals surface area contributed by atoms with Crippen LogP contribution in [0.25, 0.3) is 16.7 Å². The van der Waals surface area contributed by atoms with Crippen molar-refractivity contribution in [3.05, 3.63) is 216 Å². The number of rotatable bonds is 12. The second-order valence-electron chi connectivity index (χ2n) is 14.3. The van der Waals surface area contributed by atoms with Crippen LogP contribution in [-0.2, 0) is 14.3 Å². The van der Waals surface area contributed by atoms with E-state index >= 15 is 0 Å². The standard InChI is InChI=1S/C52H43ClN2O4/c1-35(2)51(56)58-49-11-6-8-38(18-31-49)39-14-25-45(26-15-39)55(46-29-21-42(53)22-30-46)48-10-7-9-47(34-48)54(43-23-12-37(5)13-24-43)44-27-16-40(17-28-44)41-19-32-50(33-20-41)59-52(57)36(3)4/h6-34,49H,1,3H2,2,4-5H3. The van der Waals surface area contributed by atoms with Gasteiger partial charge in [-0.3, -0.25) is 0 Å². The molecule has 1 aliphatic carbocycles. The highest BCUT2D eigenvalue weighted by Gasteiger charge is 2.19. The lowest BCUT2D eigenvalue weighted by Crippen LogP contribution is -2.13. The highest BCUT2D eigenvalue weighted by atomic mass is 35.5. The molecule has 0 aliphatic heterocycles. The first-order valence-corrected chi connectivity index (χ1v) is 19.5. The van der Waals surface area contributed by atoms with Gasteiger partial charge in [0.15, 0.2) is 0 Å². The summed E-state index contributed by atoms with van der Waals surface area (Å²) < 4.78 is 10.9. The molecule has 0 radical (unpaired) electrons. The summed E-state index contributed by atoms with van der Waals surface area (Å²) in [5, 5.41) is 0.654. The van der Waals surface area contributed by atoms with E-state index in [0.29, 0.717) is 21.9 Å². The Hall–Kier alpha value is -7.15. The molecule has 0 saturated carbocycles. The van der Waals surface area contributed by atoms with Crippen LogP contribution in [0, 0.1) is 6.92 Å². The summed E-state index contributed by atoms with van der Waals surface area (Å²) in [7, 11) is 0. The van der Waals surface area contributed by atoms with Crippen LogP contribution < -0.4 is 14.5 Å². The van der Waals surface area contributed by atoms with Gasteiger partial charge in [0.1, 0.15) is 11.9 Å². The summed E-state index contributed by atoms with van der Waals surface area (Å²) in [6, 6.07) is 49.1. The molecular weight excluding hydrogens is 752 g/mol. The fourth-order valence-corrected chi connectivity index (χ4v) is 6.67. The number of anilines is 6. The maximum atomic E-state index is 12.1. The van der Waals surface area contributed by atoms with E-state index < -0.39 is 18.0 Å². The molecule has 0 saturated heterocycles. The van der Waals surface area contributed by atoms with Crippen molar-refractivity contribution < 1.29 is 19.1 Å². The molecule has 59 heavy (non-hydrogen) atoms. The van der Waals surface area contributed by atoms with E-state index in [1.807, 2.05) is 66.8 Å². The van der Waals surface area contributed by atoms with E-state index in [9.17, 15) is 9.59 Å². The number of allylic oxidation sites excluding steroid dienone is 4. The van der Waals surface area contributed by atoms with Gasteiger partial charge in [0.25, 0.3) is 0 Å². The number of benzene rings is 6. The van der Waals surface area contributed by atoms with Crippen molar-refractivity contribution in [2.24, 2.45) is 0 Å². The highest BCUT2D eigenvalue weighted by Crippen LogP contribution is 2.41. The van der Waals surface area contributed by atoms with Crippen LogP contribution in [-0.4, -0.2) is 18.0 Å². The van der Waals surface area contributed by atoms with Gasteiger partial charge in [0, 0.05) is 50.3 Å². The number of hydrogen-bond donors (Lipinski definition) is 0. The van der Waals surface area contributed by atoms with Gasteiger partial charge in [-0.15, -0.1) is 0 Å². The molecule has 0 amide bonds. The third-order valence-electron chi connectivity index (χ3n) is 9.69. The summed E-state index contributed by atoms with van der Waals surface area (Å²) in [6.07, 6.45) is 9.11. The fraction of sp³-hybridized carbons (Fsp3) is 0.0769. The molecule has 1 aliphatic rings. The van der Waals surface area contributed by atoms with Gasteiger partial charge in [-0.25, -0.2) is 9.59 Å². The Labute approximate surface area is 350 Å². The summed E-state index contributed by atoms with van der Waals surface area (Å²) in [5.41, 5.74) is 11.7. The van der Waals surface area contributed by atoms with Gasteiger partial charge in [0.05, 0.1) is 0 Å². The maximum Gasteiger partial charge on any atom is 0.338 e. The third kappa shape index (κ3) is 9.70. The predicted octanol–water partition coefficient (Wildman–Crippen LogP) is 13.7. The van der Waals surface area contributed by atoms with Crippen molar-refractivity contribution in [3.63, 3.8) is 0 Å². The molecule has 0 spiro atoms. The largest absolute Gasteiger partial charge is 0.450 e. The zero-order valence-corrected chi connectivity index (χ0v) is 33.9. The van der Waals surface area contributed by atoms with Crippen LogP contribution in [0.1, 0.15) is 25.0 Å². The van der Waals surface area contributed by atoms with Crippen molar-refractivity contribution in [1.29, 1.82) is 0 Å². The van der Waals surface area contributed by atoms with Crippen molar-refractivity contribution >= 4 is 63.2 Å². The van der Waals surface area contributed by atoms with E-state index in [0.717, 1.165) is 56.4 Å². The van der Waals surface area contributed by atoms with Gasteiger partial charge in [-0.05, 0) is 146 Å². The topological polar surface area (TPSA) is 59.1 Å². The molecule has 0 bridgehead atoms. The van der Waals surface area contributed by atoms with Crippen LogP contribution in [0.2, 0.25) is 5.02 Å². The van der Waals surface area contributed by atoms with Crippen LogP contribution in [0.3, 0.4) is 0 Å². The number of hydrogen-bond acceptors (Lipinski definition) is 6. The second-order valence-corrected chi connectivity index (χ2v) is 14.7. The number of esters is 2.